The van der Waals surface area contributed by atoms with Crippen LogP contribution in [-0.2, 0) is 4.79 Å². The van der Waals surface area contributed by atoms with Crippen molar-refractivity contribution in [1.82, 2.24) is 10.2 Å². The second-order valence-electron chi connectivity index (χ2n) is 6.04. The van der Waals surface area contributed by atoms with Crippen LogP contribution in [0.5, 0.6) is 0 Å². The van der Waals surface area contributed by atoms with Crippen molar-refractivity contribution in [2.75, 3.05) is 13.1 Å². The fraction of sp³-hybridized carbons (Fsp3) is 0.529. The summed E-state index contributed by atoms with van der Waals surface area (Å²) >= 11 is 0. The van der Waals surface area contributed by atoms with Crippen LogP contribution < -0.4 is 5.32 Å². The summed E-state index contributed by atoms with van der Waals surface area (Å²) < 4.78 is 0. The van der Waals surface area contributed by atoms with Gasteiger partial charge in [-0.25, -0.2) is 0 Å². The highest BCUT2D eigenvalue weighted by molar-refractivity contribution is 6.01. The average Bonchev–Trinajstić information content (AvgIpc) is 2.87. The maximum absolute atomic E-state index is 12.7. The molecule has 1 aromatic rings. The first kappa shape index (κ1) is 15.7. The van der Waals surface area contributed by atoms with Gasteiger partial charge in [-0.15, -0.1) is 0 Å². The van der Waals surface area contributed by atoms with Gasteiger partial charge < -0.3 is 5.32 Å². The number of nitrogens with zero attached hydrogens (tertiary/aromatic N) is 1. The topological polar surface area (TPSA) is 49.4 Å². The minimum Gasteiger partial charge on any atom is -0.352 e. The highest BCUT2D eigenvalue weighted by Gasteiger charge is 2.30. The number of Topliss-reactive ketones (excluding diaryl/α,β-unsaturated/α-hetero) is 1. The van der Waals surface area contributed by atoms with E-state index in [1.54, 1.807) is 0 Å². The second kappa shape index (κ2) is 6.39. The summed E-state index contributed by atoms with van der Waals surface area (Å²) in [4.78, 5) is 26.0. The standard InChI is InChI=1S/C17H24N2O2/c1-11-5-6-12(2)16(9-11)17(21)13(3)19-8-7-15(10-19)18-14(4)20/h5-6,9,13,15H,7-8,10H2,1-4H3,(H,18,20). The Balaban J connectivity index is 2.06. The molecule has 0 radical (unpaired) electrons. The van der Waals surface area contributed by atoms with E-state index < -0.39 is 0 Å². The van der Waals surface area contributed by atoms with E-state index in [1.165, 1.54) is 6.92 Å². The van der Waals surface area contributed by atoms with Gasteiger partial charge in [-0.2, -0.15) is 0 Å². The predicted octanol–water partition coefficient (Wildman–Crippen LogP) is 2.09. The van der Waals surface area contributed by atoms with E-state index in [-0.39, 0.29) is 23.8 Å². The molecule has 1 aromatic carbocycles. The monoisotopic (exact) mass is 288 g/mol. The number of rotatable bonds is 4. The van der Waals surface area contributed by atoms with Gasteiger partial charge in [-0.05, 0) is 38.8 Å². The number of nitrogens with one attached hydrogen (secondary N) is 1. The third kappa shape index (κ3) is 3.70. The van der Waals surface area contributed by atoms with Crippen molar-refractivity contribution in [1.29, 1.82) is 0 Å². The molecule has 1 heterocycles. The molecule has 2 unspecified atom stereocenters. The van der Waals surface area contributed by atoms with Gasteiger partial charge in [0.2, 0.25) is 5.91 Å². The van der Waals surface area contributed by atoms with Crippen molar-refractivity contribution < 1.29 is 9.59 Å². The minimum atomic E-state index is -0.149. The first-order chi connectivity index (χ1) is 9.88. The molecule has 114 valence electrons. The van der Waals surface area contributed by atoms with Crippen LogP contribution in [-0.4, -0.2) is 41.8 Å². The first-order valence-corrected chi connectivity index (χ1v) is 7.51. The van der Waals surface area contributed by atoms with Crippen LogP contribution in [0.4, 0.5) is 0 Å². The largest absolute Gasteiger partial charge is 0.352 e. The van der Waals surface area contributed by atoms with Gasteiger partial charge in [0.1, 0.15) is 0 Å². The van der Waals surface area contributed by atoms with E-state index in [2.05, 4.69) is 10.2 Å². The van der Waals surface area contributed by atoms with Crippen LogP contribution in [0.2, 0.25) is 0 Å². The lowest BCUT2D eigenvalue weighted by molar-refractivity contribution is -0.119. The van der Waals surface area contributed by atoms with Crippen molar-refractivity contribution in [3.8, 4) is 0 Å². The predicted molar refractivity (Wildman–Crippen MR) is 83.5 cm³/mol. The summed E-state index contributed by atoms with van der Waals surface area (Å²) in [5, 5.41) is 2.93. The molecule has 0 saturated carbocycles. The molecule has 1 aliphatic rings. The van der Waals surface area contributed by atoms with E-state index in [0.29, 0.717) is 0 Å². The smallest absolute Gasteiger partial charge is 0.217 e. The molecular weight excluding hydrogens is 264 g/mol. The Kier molecular flexibility index (Phi) is 4.78. The summed E-state index contributed by atoms with van der Waals surface area (Å²) in [6.07, 6.45) is 0.907. The lowest BCUT2D eigenvalue weighted by Gasteiger charge is -2.24. The van der Waals surface area contributed by atoms with Crippen LogP contribution in [0, 0.1) is 13.8 Å². The maximum atomic E-state index is 12.7. The number of hydrogen-bond acceptors (Lipinski definition) is 3. The molecule has 2 rings (SSSR count). The lowest BCUT2D eigenvalue weighted by atomic mass is 9.98. The molecule has 0 aromatic heterocycles. The zero-order valence-corrected chi connectivity index (χ0v) is 13.3. The van der Waals surface area contributed by atoms with Gasteiger partial charge in [0.15, 0.2) is 5.78 Å². The average molecular weight is 288 g/mol. The molecule has 4 nitrogen and oxygen atoms in total. The van der Waals surface area contributed by atoms with E-state index in [0.717, 1.165) is 36.2 Å². The van der Waals surface area contributed by atoms with Gasteiger partial charge in [-0.3, -0.25) is 14.5 Å². The van der Waals surface area contributed by atoms with E-state index in [9.17, 15) is 9.59 Å². The molecule has 0 spiro atoms. The highest BCUT2D eigenvalue weighted by Crippen LogP contribution is 2.19. The molecule has 21 heavy (non-hydrogen) atoms. The van der Waals surface area contributed by atoms with Crippen molar-refractivity contribution in [3.05, 3.63) is 34.9 Å². The van der Waals surface area contributed by atoms with Gasteiger partial charge in [0.25, 0.3) is 0 Å². The Morgan fingerprint density at radius 3 is 2.71 bits per heavy atom. The molecule has 1 N–H and O–H groups in total. The summed E-state index contributed by atoms with van der Waals surface area (Å²) in [5.41, 5.74) is 2.94. The molecule has 0 aliphatic carbocycles. The second-order valence-corrected chi connectivity index (χ2v) is 6.04. The first-order valence-electron chi connectivity index (χ1n) is 7.51. The molecule has 4 heteroatoms. The van der Waals surface area contributed by atoms with Gasteiger partial charge in [-0.1, -0.05) is 17.7 Å². The van der Waals surface area contributed by atoms with E-state index in [4.69, 9.17) is 0 Å². The molecule has 2 atom stereocenters. The SMILES string of the molecule is CC(=O)NC1CCN(C(C)C(=O)c2cc(C)ccc2C)C1. The normalized spacial score (nSPS) is 20.3. The van der Waals surface area contributed by atoms with E-state index in [1.807, 2.05) is 39.0 Å². The number of aryl methyl sites for hydroxylation is 2. The zero-order chi connectivity index (χ0) is 15.6. The number of hydrogen-bond donors (Lipinski definition) is 1. The molecular formula is C17H24N2O2. The van der Waals surface area contributed by atoms with Gasteiger partial charge >= 0.3 is 0 Å². The Hall–Kier alpha value is -1.68. The van der Waals surface area contributed by atoms with Crippen molar-refractivity contribution in [3.63, 3.8) is 0 Å². The molecule has 1 aliphatic heterocycles. The number of likely N-dealkylation sites (tertiary alicyclic amines) is 1. The van der Waals surface area contributed by atoms with Crippen LogP contribution in [0.15, 0.2) is 18.2 Å². The number of carbonyl (C=O) groups is 2. The fourth-order valence-electron chi connectivity index (χ4n) is 2.94. The third-order valence-corrected chi connectivity index (χ3v) is 4.21. The Labute approximate surface area is 126 Å². The molecule has 0 bridgehead atoms. The summed E-state index contributed by atoms with van der Waals surface area (Å²) in [5.74, 6) is 0.162. The van der Waals surface area contributed by atoms with Crippen LogP contribution in [0.3, 0.4) is 0 Å². The quantitative estimate of drug-likeness (QED) is 0.863. The van der Waals surface area contributed by atoms with E-state index >= 15 is 0 Å². The van der Waals surface area contributed by atoms with Gasteiger partial charge in [0, 0.05) is 31.6 Å². The molecule has 1 saturated heterocycles. The third-order valence-electron chi connectivity index (χ3n) is 4.21. The fourth-order valence-corrected chi connectivity index (χ4v) is 2.94. The lowest BCUT2D eigenvalue weighted by Crippen LogP contribution is -2.41. The highest BCUT2D eigenvalue weighted by atomic mass is 16.1. The summed E-state index contributed by atoms with van der Waals surface area (Å²) in [6.45, 7) is 9.07. The van der Waals surface area contributed by atoms with Crippen molar-refractivity contribution in [2.24, 2.45) is 0 Å². The van der Waals surface area contributed by atoms with Crippen LogP contribution in [0.1, 0.15) is 41.8 Å². The number of ketones is 1. The molecule has 1 amide bonds. The number of amides is 1. The number of carbonyl (C=O) groups excluding carboxylic acids is 2. The maximum Gasteiger partial charge on any atom is 0.217 e. The summed E-state index contributed by atoms with van der Waals surface area (Å²) in [7, 11) is 0. The van der Waals surface area contributed by atoms with Gasteiger partial charge in [0.05, 0.1) is 6.04 Å². The number of benzene rings is 1. The molecule has 1 fully saturated rings. The van der Waals surface area contributed by atoms with Crippen molar-refractivity contribution >= 4 is 11.7 Å². The van der Waals surface area contributed by atoms with Crippen LogP contribution >= 0.6 is 0 Å². The van der Waals surface area contributed by atoms with Crippen molar-refractivity contribution in [2.45, 2.75) is 46.2 Å². The minimum absolute atomic E-state index is 0.00430. The Morgan fingerprint density at radius 2 is 2.05 bits per heavy atom. The summed E-state index contributed by atoms with van der Waals surface area (Å²) in [6, 6.07) is 6.01. The Bertz CT molecular complexity index is 554. The van der Waals surface area contributed by atoms with Crippen LogP contribution in [0.25, 0.3) is 0 Å². The Morgan fingerprint density at radius 1 is 1.33 bits per heavy atom. The zero-order valence-electron chi connectivity index (χ0n) is 13.3.